The zero-order valence-electron chi connectivity index (χ0n) is 10.8. The number of fused-ring (bicyclic) bond motifs is 1. The molecule has 0 aliphatic heterocycles. The van der Waals surface area contributed by atoms with Crippen LogP contribution in [0.3, 0.4) is 0 Å². The Labute approximate surface area is 127 Å². The fourth-order valence-electron chi connectivity index (χ4n) is 1.93. The minimum atomic E-state index is -4.33. The number of thiophene rings is 1. The molecule has 110 valence electrons. The number of thiazole rings is 1. The molecule has 3 aromatic rings. The van der Waals surface area contributed by atoms with Gasteiger partial charge in [-0.25, -0.2) is 4.98 Å². The van der Waals surface area contributed by atoms with E-state index < -0.39 is 11.7 Å². The Morgan fingerprint density at radius 1 is 1.19 bits per heavy atom. The molecule has 1 N–H and O–H groups in total. The van der Waals surface area contributed by atoms with Crippen LogP contribution in [0.2, 0.25) is 0 Å². The molecule has 0 bridgehead atoms. The monoisotopic (exact) mass is 328 g/mol. The van der Waals surface area contributed by atoms with Gasteiger partial charge in [0.2, 0.25) is 0 Å². The molecule has 0 amide bonds. The number of nitrogens with zero attached hydrogens (tertiary/aromatic N) is 1. The topological polar surface area (TPSA) is 24.9 Å². The predicted octanol–water partition coefficient (Wildman–Crippen LogP) is 5.03. The van der Waals surface area contributed by atoms with E-state index in [2.05, 4.69) is 16.4 Å². The van der Waals surface area contributed by atoms with Gasteiger partial charge in [0.25, 0.3) is 0 Å². The van der Waals surface area contributed by atoms with Crippen molar-refractivity contribution in [2.24, 2.45) is 0 Å². The van der Waals surface area contributed by atoms with Gasteiger partial charge in [-0.15, -0.1) is 11.3 Å². The standard InChI is InChI=1S/C14H11F3N2S2/c15-14(16,17)9-3-4-12-11(8-9)19-13(21-12)18-6-5-10-2-1-7-20-10/h1-4,7-8H,5-6H2,(H,18,19). The van der Waals surface area contributed by atoms with Gasteiger partial charge in [-0.1, -0.05) is 17.4 Å². The van der Waals surface area contributed by atoms with Crippen LogP contribution in [0.15, 0.2) is 35.7 Å². The number of halogens is 3. The first-order valence-electron chi connectivity index (χ1n) is 6.26. The van der Waals surface area contributed by atoms with Crippen LogP contribution in [-0.2, 0) is 12.6 Å². The quantitative estimate of drug-likeness (QED) is 0.726. The molecule has 2 heterocycles. The van der Waals surface area contributed by atoms with Crippen molar-refractivity contribution < 1.29 is 13.2 Å². The van der Waals surface area contributed by atoms with Crippen molar-refractivity contribution in [2.45, 2.75) is 12.6 Å². The number of alkyl halides is 3. The first-order valence-corrected chi connectivity index (χ1v) is 7.96. The normalized spacial score (nSPS) is 12.0. The molecule has 0 aliphatic rings. The van der Waals surface area contributed by atoms with Crippen molar-refractivity contribution >= 4 is 38.0 Å². The minimum absolute atomic E-state index is 0.383. The van der Waals surface area contributed by atoms with E-state index in [9.17, 15) is 13.2 Å². The second-order valence-electron chi connectivity index (χ2n) is 4.46. The Morgan fingerprint density at radius 3 is 2.76 bits per heavy atom. The average Bonchev–Trinajstić information content (AvgIpc) is 3.05. The smallest absolute Gasteiger partial charge is 0.361 e. The maximum absolute atomic E-state index is 12.6. The molecule has 2 nitrogen and oxygen atoms in total. The molecule has 0 saturated carbocycles. The number of rotatable bonds is 4. The van der Waals surface area contributed by atoms with Crippen LogP contribution in [0.1, 0.15) is 10.4 Å². The van der Waals surface area contributed by atoms with E-state index in [1.165, 1.54) is 22.3 Å². The largest absolute Gasteiger partial charge is 0.416 e. The van der Waals surface area contributed by atoms with Crippen molar-refractivity contribution in [3.8, 4) is 0 Å². The summed E-state index contributed by atoms with van der Waals surface area (Å²) in [7, 11) is 0. The Hall–Kier alpha value is -1.60. The van der Waals surface area contributed by atoms with E-state index in [1.807, 2.05) is 11.4 Å². The molecular formula is C14H11F3N2S2. The highest BCUT2D eigenvalue weighted by atomic mass is 32.1. The van der Waals surface area contributed by atoms with E-state index in [-0.39, 0.29) is 0 Å². The molecule has 0 aliphatic carbocycles. The van der Waals surface area contributed by atoms with Gasteiger partial charge in [-0.05, 0) is 36.1 Å². The fourth-order valence-corrected chi connectivity index (χ4v) is 3.51. The lowest BCUT2D eigenvalue weighted by Crippen LogP contribution is -2.04. The Bertz CT molecular complexity index is 732. The van der Waals surface area contributed by atoms with Crippen LogP contribution in [0.5, 0.6) is 0 Å². The molecule has 0 radical (unpaired) electrons. The summed E-state index contributed by atoms with van der Waals surface area (Å²) in [4.78, 5) is 5.48. The second kappa shape index (κ2) is 5.65. The van der Waals surface area contributed by atoms with E-state index in [0.717, 1.165) is 23.3 Å². The second-order valence-corrected chi connectivity index (χ2v) is 6.52. The van der Waals surface area contributed by atoms with Gasteiger partial charge in [-0.2, -0.15) is 13.2 Å². The number of anilines is 1. The summed E-state index contributed by atoms with van der Waals surface area (Å²) in [6, 6.07) is 7.71. The summed E-state index contributed by atoms with van der Waals surface area (Å²) in [5.41, 5.74) is -0.279. The predicted molar refractivity (Wildman–Crippen MR) is 81.1 cm³/mol. The number of aromatic nitrogens is 1. The minimum Gasteiger partial charge on any atom is -0.361 e. The third-order valence-electron chi connectivity index (χ3n) is 2.94. The van der Waals surface area contributed by atoms with Gasteiger partial charge in [0.15, 0.2) is 5.13 Å². The third-order valence-corrected chi connectivity index (χ3v) is 4.87. The van der Waals surface area contributed by atoms with Gasteiger partial charge in [0, 0.05) is 11.4 Å². The highest BCUT2D eigenvalue weighted by Crippen LogP contribution is 2.33. The summed E-state index contributed by atoms with van der Waals surface area (Å²) in [5.74, 6) is 0. The van der Waals surface area contributed by atoms with E-state index >= 15 is 0 Å². The van der Waals surface area contributed by atoms with Crippen LogP contribution in [0.25, 0.3) is 10.2 Å². The molecule has 0 spiro atoms. The highest BCUT2D eigenvalue weighted by Gasteiger charge is 2.30. The molecule has 0 fully saturated rings. The number of hydrogen-bond acceptors (Lipinski definition) is 4. The van der Waals surface area contributed by atoms with E-state index in [0.29, 0.717) is 17.2 Å². The Morgan fingerprint density at radius 2 is 2.05 bits per heavy atom. The SMILES string of the molecule is FC(F)(F)c1ccc2sc(NCCc3cccs3)nc2c1. The number of hydrogen-bond donors (Lipinski definition) is 1. The highest BCUT2D eigenvalue weighted by molar-refractivity contribution is 7.22. The van der Waals surface area contributed by atoms with Crippen molar-refractivity contribution in [1.82, 2.24) is 4.98 Å². The van der Waals surface area contributed by atoms with Crippen molar-refractivity contribution in [1.29, 1.82) is 0 Å². The Balaban J connectivity index is 1.72. The first-order chi connectivity index (χ1) is 10.0. The zero-order valence-corrected chi connectivity index (χ0v) is 12.4. The lowest BCUT2D eigenvalue weighted by molar-refractivity contribution is -0.137. The van der Waals surface area contributed by atoms with Crippen LogP contribution in [-0.4, -0.2) is 11.5 Å². The summed E-state index contributed by atoms with van der Waals surface area (Å²) >= 11 is 3.05. The van der Waals surface area contributed by atoms with Gasteiger partial charge >= 0.3 is 6.18 Å². The fraction of sp³-hybridized carbons (Fsp3) is 0.214. The molecule has 3 rings (SSSR count). The number of nitrogens with one attached hydrogen (secondary N) is 1. The Kier molecular flexibility index (Phi) is 3.86. The number of benzene rings is 1. The zero-order chi connectivity index (χ0) is 14.9. The average molecular weight is 328 g/mol. The molecule has 0 unspecified atom stereocenters. The lowest BCUT2D eigenvalue weighted by Gasteiger charge is -2.04. The molecule has 1 aromatic carbocycles. The van der Waals surface area contributed by atoms with Crippen LogP contribution < -0.4 is 5.32 Å². The molecule has 21 heavy (non-hydrogen) atoms. The van der Waals surface area contributed by atoms with Gasteiger partial charge in [0.05, 0.1) is 15.8 Å². The van der Waals surface area contributed by atoms with Crippen LogP contribution in [0.4, 0.5) is 18.3 Å². The molecule has 7 heteroatoms. The molecular weight excluding hydrogens is 317 g/mol. The van der Waals surface area contributed by atoms with Gasteiger partial charge < -0.3 is 5.32 Å². The van der Waals surface area contributed by atoms with Gasteiger partial charge in [0.1, 0.15) is 0 Å². The third kappa shape index (κ3) is 3.36. The first kappa shape index (κ1) is 14.3. The summed E-state index contributed by atoms with van der Waals surface area (Å²) in [5, 5.41) is 5.84. The van der Waals surface area contributed by atoms with Crippen molar-refractivity contribution in [3.63, 3.8) is 0 Å². The van der Waals surface area contributed by atoms with Crippen LogP contribution in [0, 0.1) is 0 Å². The summed E-state index contributed by atoms with van der Waals surface area (Å²) < 4.78 is 38.7. The van der Waals surface area contributed by atoms with Crippen molar-refractivity contribution in [2.75, 3.05) is 11.9 Å². The maximum Gasteiger partial charge on any atom is 0.416 e. The molecule has 0 saturated heterocycles. The van der Waals surface area contributed by atoms with E-state index in [1.54, 1.807) is 11.3 Å². The summed E-state index contributed by atoms with van der Waals surface area (Å²) in [6.45, 7) is 0.715. The summed E-state index contributed by atoms with van der Waals surface area (Å²) in [6.07, 6.45) is -3.45. The van der Waals surface area contributed by atoms with Gasteiger partial charge in [-0.3, -0.25) is 0 Å². The maximum atomic E-state index is 12.6. The van der Waals surface area contributed by atoms with Crippen LogP contribution >= 0.6 is 22.7 Å². The molecule has 0 atom stereocenters. The van der Waals surface area contributed by atoms with Crippen molar-refractivity contribution in [3.05, 3.63) is 46.2 Å². The van der Waals surface area contributed by atoms with E-state index in [4.69, 9.17) is 0 Å². The molecule has 2 aromatic heterocycles. The lowest BCUT2D eigenvalue weighted by atomic mass is 10.2.